The molecule has 0 saturated heterocycles. The number of carbonyl (C=O) groups excluding carboxylic acids is 1. The second kappa shape index (κ2) is 8.20. The number of rotatable bonds is 6. The first kappa shape index (κ1) is 16.8. The Morgan fingerprint density at radius 3 is 2.09 bits per heavy atom. The quantitative estimate of drug-likeness (QED) is 0.658. The summed E-state index contributed by atoms with van der Waals surface area (Å²) in [7, 11) is 3.30. The number of nitrogens with zero attached hydrogens (tertiary/aromatic N) is 1. The molecule has 4 nitrogen and oxygen atoms in total. The van der Waals surface area contributed by atoms with E-state index in [9.17, 15) is 4.79 Å². The third-order valence-electron chi connectivity index (χ3n) is 3.46. The molecule has 0 heterocycles. The van der Waals surface area contributed by atoms with Crippen molar-refractivity contribution < 1.29 is 14.6 Å². The molecule has 0 saturated carbocycles. The molecule has 2 rings (SSSR count). The Kier molecular flexibility index (Phi) is 6.00. The Morgan fingerprint density at radius 2 is 1.61 bits per heavy atom. The molecule has 0 aromatic heterocycles. The molecular formula is C18H20BNO3. The maximum absolute atomic E-state index is 11.3. The molecule has 0 fully saturated rings. The predicted octanol–water partition coefficient (Wildman–Crippen LogP) is 2.42. The maximum atomic E-state index is 11.3. The number of anilines is 1. The maximum Gasteiger partial charge on any atom is 0.216 e. The van der Waals surface area contributed by atoms with Crippen LogP contribution in [0.15, 0.2) is 48.5 Å². The normalized spacial score (nSPS) is 10.7. The number of ether oxygens (including phenoxy) is 1. The lowest BCUT2D eigenvalue weighted by atomic mass is 10.1. The van der Waals surface area contributed by atoms with Crippen LogP contribution in [-0.4, -0.2) is 39.0 Å². The summed E-state index contributed by atoms with van der Waals surface area (Å²) in [5, 5.41) is 8.72. The van der Waals surface area contributed by atoms with Gasteiger partial charge in [0, 0.05) is 12.7 Å². The van der Waals surface area contributed by atoms with E-state index in [0.29, 0.717) is 6.61 Å². The summed E-state index contributed by atoms with van der Waals surface area (Å²) in [5.41, 5.74) is 3.00. The summed E-state index contributed by atoms with van der Waals surface area (Å²) >= 11 is 0. The van der Waals surface area contributed by atoms with Gasteiger partial charge in [-0.2, -0.15) is 0 Å². The zero-order chi connectivity index (χ0) is 16.7. The second-order valence-electron chi connectivity index (χ2n) is 5.14. The molecule has 1 amide bonds. The molecule has 0 bridgehead atoms. The third-order valence-corrected chi connectivity index (χ3v) is 3.46. The third kappa shape index (κ3) is 5.00. The van der Waals surface area contributed by atoms with E-state index >= 15 is 0 Å². The number of aliphatic hydroxyl groups excluding tert-OH is 1. The van der Waals surface area contributed by atoms with Gasteiger partial charge in [-0.15, -0.1) is 0 Å². The van der Waals surface area contributed by atoms with Gasteiger partial charge in [0.15, 0.2) is 5.81 Å². The van der Waals surface area contributed by atoms with E-state index in [1.807, 2.05) is 60.7 Å². The van der Waals surface area contributed by atoms with E-state index in [1.165, 1.54) is 0 Å². The van der Waals surface area contributed by atoms with Crippen LogP contribution in [0.4, 0.5) is 10.5 Å². The Labute approximate surface area is 137 Å². The van der Waals surface area contributed by atoms with Crippen molar-refractivity contribution in [2.45, 2.75) is 0 Å². The topological polar surface area (TPSA) is 49.8 Å². The van der Waals surface area contributed by atoms with Crippen LogP contribution in [0.2, 0.25) is 0 Å². The summed E-state index contributed by atoms with van der Waals surface area (Å²) in [6, 6.07) is 15.5. The molecule has 1 N–H and O–H groups in total. The highest BCUT2D eigenvalue weighted by Gasteiger charge is 2.03. The zero-order valence-electron chi connectivity index (χ0n) is 13.4. The SMILES string of the molecule is BC(=O)N(C)c1ccc(/C=C/c2ccc(OCCO)cc2)cc1. The van der Waals surface area contributed by atoms with Gasteiger partial charge in [0.1, 0.15) is 12.4 Å². The molecule has 0 spiro atoms. The minimum Gasteiger partial charge on any atom is -0.491 e. The number of amides is 1. The van der Waals surface area contributed by atoms with Gasteiger partial charge >= 0.3 is 0 Å². The van der Waals surface area contributed by atoms with Crippen molar-refractivity contribution in [1.29, 1.82) is 0 Å². The fourth-order valence-corrected chi connectivity index (χ4v) is 2.02. The highest BCUT2D eigenvalue weighted by atomic mass is 16.5. The van der Waals surface area contributed by atoms with Crippen LogP contribution in [-0.2, 0) is 0 Å². The van der Waals surface area contributed by atoms with Gasteiger partial charge in [-0.3, -0.25) is 4.79 Å². The average molecular weight is 309 g/mol. The minimum atomic E-state index is 0.0104. The van der Waals surface area contributed by atoms with Crippen LogP contribution in [0.5, 0.6) is 5.75 Å². The molecule has 2 aromatic carbocycles. The van der Waals surface area contributed by atoms with Crippen LogP contribution in [0.3, 0.4) is 0 Å². The fourth-order valence-electron chi connectivity index (χ4n) is 2.02. The van der Waals surface area contributed by atoms with Gasteiger partial charge in [-0.05, 0) is 35.4 Å². The lowest BCUT2D eigenvalue weighted by Gasteiger charge is -2.15. The van der Waals surface area contributed by atoms with E-state index in [-0.39, 0.29) is 12.4 Å². The molecule has 23 heavy (non-hydrogen) atoms. The van der Waals surface area contributed by atoms with Crippen molar-refractivity contribution in [3.05, 3.63) is 59.7 Å². The van der Waals surface area contributed by atoms with Crippen molar-refractivity contribution >= 4 is 31.5 Å². The van der Waals surface area contributed by atoms with E-state index in [1.54, 1.807) is 19.8 Å². The van der Waals surface area contributed by atoms with Gasteiger partial charge in [-0.1, -0.05) is 36.4 Å². The smallest absolute Gasteiger partial charge is 0.216 e. The summed E-state index contributed by atoms with van der Waals surface area (Å²) in [4.78, 5) is 12.9. The van der Waals surface area contributed by atoms with Crippen molar-refractivity contribution in [3.63, 3.8) is 0 Å². The van der Waals surface area contributed by atoms with Crippen LogP contribution in [0.1, 0.15) is 11.1 Å². The number of aliphatic hydroxyl groups is 1. The molecule has 0 aliphatic rings. The van der Waals surface area contributed by atoms with Crippen molar-refractivity contribution in [1.82, 2.24) is 0 Å². The van der Waals surface area contributed by atoms with Crippen LogP contribution < -0.4 is 9.64 Å². The fraction of sp³-hybridized carbons (Fsp3) is 0.167. The molecule has 0 unspecified atom stereocenters. The Bertz CT molecular complexity index is 666. The number of hydrogen-bond acceptors (Lipinski definition) is 3. The largest absolute Gasteiger partial charge is 0.491 e. The average Bonchev–Trinajstić information content (AvgIpc) is 2.58. The standard InChI is InChI=1S/C18H20BNO3/c1-20(18(19)22)16-8-4-14(5-9-16)2-3-15-6-10-17(11-7-15)23-13-12-21/h2-11,21H,12-13,19H2,1H3/b3-2+. The first-order valence-electron chi connectivity index (χ1n) is 7.46. The van der Waals surface area contributed by atoms with Crippen molar-refractivity contribution in [3.8, 4) is 5.75 Å². The summed E-state index contributed by atoms with van der Waals surface area (Å²) in [6.45, 7) is 0.312. The molecule has 118 valence electrons. The highest BCUT2D eigenvalue weighted by Crippen LogP contribution is 2.17. The van der Waals surface area contributed by atoms with Crippen molar-refractivity contribution in [2.24, 2.45) is 0 Å². The molecule has 0 aliphatic carbocycles. The predicted molar refractivity (Wildman–Crippen MR) is 96.7 cm³/mol. The monoisotopic (exact) mass is 309 g/mol. The Morgan fingerprint density at radius 1 is 1.09 bits per heavy atom. The number of carbonyl (C=O) groups is 1. The van der Waals surface area contributed by atoms with Crippen molar-refractivity contribution in [2.75, 3.05) is 25.2 Å². The second-order valence-corrected chi connectivity index (χ2v) is 5.14. The Hall–Kier alpha value is -2.53. The van der Waals surface area contributed by atoms with Gasteiger partial charge in [-0.25, -0.2) is 0 Å². The van der Waals surface area contributed by atoms with E-state index in [4.69, 9.17) is 9.84 Å². The molecule has 5 heteroatoms. The lowest BCUT2D eigenvalue weighted by molar-refractivity contribution is 0.201. The molecule has 0 radical (unpaired) electrons. The van der Waals surface area contributed by atoms with Crippen LogP contribution in [0.25, 0.3) is 12.2 Å². The molecule has 2 aromatic rings. The minimum absolute atomic E-state index is 0.0104. The molecule has 0 aliphatic heterocycles. The number of hydrogen-bond donors (Lipinski definition) is 1. The lowest BCUT2D eigenvalue weighted by Crippen LogP contribution is -2.24. The van der Waals surface area contributed by atoms with Crippen LogP contribution in [0, 0.1) is 0 Å². The molecular weight excluding hydrogens is 289 g/mol. The van der Waals surface area contributed by atoms with E-state index < -0.39 is 0 Å². The number of benzene rings is 2. The first-order chi connectivity index (χ1) is 11.1. The summed E-state index contributed by atoms with van der Waals surface area (Å²) in [5.74, 6) is 0.754. The Balaban J connectivity index is 2.01. The van der Waals surface area contributed by atoms with E-state index in [2.05, 4.69) is 0 Å². The van der Waals surface area contributed by atoms with Gasteiger partial charge in [0.2, 0.25) is 7.85 Å². The first-order valence-corrected chi connectivity index (χ1v) is 7.46. The van der Waals surface area contributed by atoms with Gasteiger partial charge in [0.25, 0.3) is 0 Å². The summed E-state index contributed by atoms with van der Waals surface area (Å²) < 4.78 is 5.32. The van der Waals surface area contributed by atoms with Crippen LogP contribution >= 0.6 is 0 Å². The summed E-state index contributed by atoms with van der Waals surface area (Å²) in [6.07, 6.45) is 4.03. The van der Waals surface area contributed by atoms with Gasteiger partial charge in [0.05, 0.1) is 6.61 Å². The molecule has 0 atom stereocenters. The van der Waals surface area contributed by atoms with E-state index in [0.717, 1.165) is 22.6 Å². The highest BCUT2D eigenvalue weighted by molar-refractivity contribution is 6.60. The van der Waals surface area contributed by atoms with Gasteiger partial charge < -0.3 is 14.7 Å². The zero-order valence-corrected chi connectivity index (χ0v) is 13.4.